The molecule has 1 N–H and O–H groups in total. The van der Waals surface area contributed by atoms with Crippen molar-refractivity contribution in [3.8, 4) is 0 Å². The maximum atomic E-state index is 11.8. The number of hydrogen-bond donors (Lipinski definition) is 1. The van der Waals surface area contributed by atoms with E-state index in [4.69, 9.17) is 14.6 Å². The lowest BCUT2D eigenvalue weighted by atomic mass is 10.1. The second kappa shape index (κ2) is 6.76. The molecule has 0 saturated heterocycles. The number of carbonyl (C=O) groups is 2. The highest BCUT2D eigenvalue weighted by atomic mass is 16.5. The van der Waals surface area contributed by atoms with Crippen molar-refractivity contribution in [1.29, 1.82) is 0 Å². The van der Waals surface area contributed by atoms with Crippen molar-refractivity contribution in [1.82, 2.24) is 0 Å². The van der Waals surface area contributed by atoms with Gasteiger partial charge in [0.25, 0.3) is 0 Å². The Morgan fingerprint density at radius 3 is 2.22 bits per heavy atom. The Balaban J connectivity index is 2.92. The van der Waals surface area contributed by atoms with Crippen LogP contribution in [0.25, 0.3) is 0 Å². The van der Waals surface area contributed by atoms with Gasteiger partial charge >= 0.3 is 11.9 Å². The molecule has 0 bridgehead atoms. The molecule has 5 heteroatoms. The van der Waals surface area contributed by atoms with Gasteiger partial charge in [0.1, 0.15) is 6.61 Å². The van der Waals surface area contributed by atoms with Crippen molar-refractivity contribution in [3.05, 3.63) is 35.4 Å². The van der Waals surface area contributed by atoms with Crippen LogP contribution in [0.1, 0.15) is 34.6 Å². The van der Waals surface area contributed by atoms with Crippen LogP contribution in [0.5, 0.6) is 0 Å². The third-order valence-corrected chi connectivity index (χ3v) is 2.03. The molecule has 0 amide bonds. The average molecular weight is 252 g/mol. The summed E-state index contributed by atoms with van der Waals surface area (Å²) in [6, 6.07) is 6.25. The van der Waals surface area contributed by atoms with Gasteiger partial charge in [-0.1, -0.05) is 12.1 Å². The van der Waals surface area contributed by atoms with E-state index in [1.165, 1.54) is 12.1 Å². The molecule has 0 aliphatic heterocycles. The molecule has 0 atom stereocenters. The lowest BCUT2D eigenvalue weighted by Gasteiger charge is -2.11. The molecule has 18 heavy (non-hydrogen) atoms. The number of ether oxygens (including phenoxy) is 2. The highest BCUT2D eigenvalue weighted by molar-refractivity contribution is 6.03. The molecule has 0 spiro atoms. The maximum absolute atomic E-state index is 11.8. The topological polar surface area (TPSA) is 72.8 Å². The fourth-order valence-corrected chi connectivity index (χ4v) is 1.33. The number of esters is 2. The lowest BCUT2D eigenvalue weighted by molar-refractivity contribution is 0.0351. The first kappa shape index (κ1) is 14.2. The largest absolute Gasteiger partial charge is 0.460 e. The van der Waals surface area contributed by atoms with E-state index < -0.39 is 11.9 Å². The zero-order valence-electron chi connectivity index (χ0n) is 10.4. The third-order valence-electron chi connectivity index (χ3n) is 2.03. The third kappa shape index (κ3) is 3.85. The monoisotopic (exact) mass is 252 g/mol. The Morgan fingerprint density at radius 2 is 1.72 bits per heavy atom. The fraction of sp³-hybridized carbons (Fsp3) is 0.385. The summed E-state index contributed by atoms with van der Waals surface area (Å²) in [7, 11) is 0. The number of carbonyl (C=O) groups excluding carboxylic acids is 2. The standard InChI is InChI=1S/C13H16O5/c1-9(2)18-13(16)11-6-4-3-5-10(11)12(15)17-8-7-14/h3-6,9,14H,7-8H2,1-2H3. The molecule has 0 aromatic heterocycles. The van der Waals surface area contributed by atoms with Gasteiger partial charge in [0.2, 0.25) is 0 Å². The molecule has 1 aromatic carbocycles. The van der Waals surface area contributed by atoms with Crippen molar-refractivity contribution in [2.24, 2.45) is 0 Å². The first-order valence-corrected chi connectivity index (χ1v) is 5.64. The van der Waals surface area contributed by atoms with Crippen LogP contribution in [0.4, 0.5) is 0 Å². The summed E-state index contributed by atoms with van der Waals surface area (Å²) in [6.07, 6.45) is -0.265. The van der Waals surface area contributed by atoms with Crippen LogP contribution in [0.3, 0.4) is 0 Å². The smallest absolute Gasteiger partial charge is 0.339 e. The van der Waals surface area contributed by atoms with Crippen molar-refractivity contribution in [2.45, 2.75) is 20.0 Å². The molecular formula is C13H16O5. The number of rotatable bonds is 5. The average Bonchev–Trinajstić information content (AvgIpc) is 2.35. The van der Waals surface area contributed by atoms with Crippen LogP contribution in [0.2, 0.25) is 0 Å². The van der Waals surface area contributed by atoms with Gasteiger partial charge in [0.05, 0.1) is 23.8 Å². The summed E-state index contributed by atoms with van der Waals surface area (Å²) >= 11 is 0. The minimum absolute atomic E-state index is 0.105. The summed E-state index contributed by atoms with van der Waals surface area (Å²) < 4.78 is 9.81. The van der Waals surface area contributed by atoms with Crippen LogP contribution in [-0.4, -0.2) is 36.4 Å². The van der Waals surface area contributed by atoms with Crippen molar-refractivity contribution in [2.75, 3.05) is 13.2 Å². The van der Waals surface area contributed by atoms with Gasteiger partial charge in [-0.25, -0.2) is 9.59 Å². The van der Waals surface area contributed by atoms with E-state index in [9.17, 15) is 9.59 Å². The van der Waals surface area contributed by atoms with Gasteiger partial charge < -0.3 is 14.6 Å². The molecule has 98 valence electrons. The molecular weight excluding hydrogens is 236 g/mol. The molecule has 0 fully saturated rings. The Morgan fingerprint density at radius 1 is 1.17 bits per heavy atom. The second-order valence-electron chi connectivity index (χ2n) is 3.86. The number of aliphatic hydroxyl groups excluding tert-OH is 1. The van der Waals surface area contributed by atoms with E-state index in [-0.39, 0.29) is 30.4 Å². The first-order valence-electron chi connectivity index (χ1n) is 5.64. The van der Waals surface area contributed by atoms with Gasteiger partial charge in [-0.3, -0.25) is 0 Å². The zero-order chi connectivity index (χ0) is 13.5. The Bertz CT molecular complexity index is 425. The lowest BCUT2D eigenvalue weighted by Crippen LogP contribution is -2.17. The normalized spacial score (nSPS) is 10.2. The van der Waals surface area contributed by atoms with Gasteiger partial charge in [-0.15, -0.1) is 0 Å². The van der Waals surface area contributed by atoms with Crippen LogP contribution in [-0.2, 0) is 9.47 Å². The molecule has 0 aliphatic rings. The molecule has 0 unspecified atom stereocenters. The van der Waals surface area contributed by atoms with Crippen molar-refractivity contribution < 1.29 is 24.2 Å². The summed E-state index contributed by atoms with van der Waals surface area (Å²) in [6.45, 7) is 3.09. The summed E-state index contributed by atoms with van der Waals surface area (Å²) in [5, 5.41) is 8.59. The molecule has 5 nitrogen and oxygen atoms in total. The maximum Gasteiger partial charge on any atom is 0.339 e. The molecule has 0 saturated carbocycles. The van der Waals surface area contributed by atoms with E-state index in [0.717, 1.165) is 0 Å². The Labute approximate surface area is 105 Å². The minimum Gasteiger partial charge on any atom is -0.460 e. The van der Waals surface area contributed by atoms with E-state index in [1.807, 2.05) is 0 Å². The Hall–Kier alpha value is -1.88. The first-order chi connectivity index (χ1) is 8.56. The number of aliphatic hydroxyl groups is 1. The number of benzene rings is 1. The Kier molecular flexibility index (Phi) is 5.32. The van der Waals surface area contributed by atoms with Crippen molar-refractivity contribution >= 4 is 11.9 Å². The van der Waals surface area contributed by atoms with Crippen molar-refractivity contribution in [3.63, 3.8) is 0 Å². The predicted molar refractivity (Wildman–Crippen MR) is 64.4 cm³/mol. The molecule has 0 aliphatic carbocycles. The summed E-state index contributed by atoms with van der Waals surface area (Å²) in [5.41, 5.74) is 0.297. The summed E-state index contributed by atoms with van der Waals surface area (Å²) in [5.74, 6) is -1.22. The van der Waals surface area contributed by atoms with E-state index in [1.54, 1.807) is 26.0 Å². The van der Waals surface area contributed by atoms with Gasteiger partial charge in [-0.05, 0) is 26.0 Å². The second-order valence-corrected chi connectivity index (χ2v) is 3.86. The van der Waals surface area contributed by atoms with Gasteiger partial charge in [0, 0.05) is 0 Å². The van der Waals surface area contributed by atoms with E-state index >= 15 is 0 Å². The van der Waals surface area contributed by atoms with Crippen LogP contribution in [0.15, 0.2) is 24.3 Å². The molecule has 1 rings (SSSR count). The van der Waals surface area contributed by atoms with Crippen LogP contribution in [0, 0.1) is 0 Å². The number of hydrogen-bond acceptors (Lipinski definition) is 5. The zero-order valence-corrected chi connectivity index (χ0v) is 10.4. The van der Waals surface area contributed by atoms with Gasteiger partial charge in [0.15, 0.2) is 0 Å². The van der Waals surface area contributed by atoms with Gasteiger partial charge in [-0.2, -0.15) is 0 Å². The quantitative estimate of drug-likeness (QED) is 0.802. The highest BCUT2D eigenvalue weighted by Gasteiger charge is 2.19. The van der Waals surface area contributed by atoms with E-state index in [0.29, 0.717) is 0 Å². The van der Waals surface area contributed by atoms with Crippen LogP contribution < -0.4 is 0 Å². The molecule has 1 aromatic rings. The summed E-state index contributed by atoms with van der Waals surface area (Å²) in [4.78, 5) is 23.4. The van der Waals surface area contributed by atoms with E-state index in [2.05, 4.69) is 0 Å². The predicted octanol–water partition coefficient (Wildman–Crippen LogP) is 1.40. The highest BCUT2D eigenvalue weighted by Crippen LogP contribution is 2.12. The minimum atomic E-state index is -0.652. The molecule has 0 radical (unpaired) electrons. The SMILES string of the molecule is CC(C)OC(=O)c1ccccc1C(=O)OCCO. The fourth-order valence-electron chi connectivity index (χ4n) is 1.33. The van der Waals surface area contributed by atoms with Crippen LogP contribution >= 0.6 is 0 Å². The molecule has 0 heterocycles.